The smallest absolute Gasteiger partial charge is 0.302 e. The van der Waals surface area contributed by atoms with Crippen LogP contribution in [-0.2, 0) is 14.3 Å². The molecule has 0 unspecified atom stereocenters. The summed E-state index contributed by atoms with van der Waals surface area (Å²) in [5.41, 5.74) is 0. The molecule has 86 valence electrons. The van der Waals surface area contributed by atoms with E-state index in [-0.39, 0.29) is 17.1 Å². The lowest BCUT2D eigenvalue weighted by Gasteiger charge is -2.25. The highest BCUT2D eigenvalue weighted by Gasteiger charge is 2.24. The predicted molar refractivity (Wildman–Crippen MR) is 57.6 cm³/mol. The van der Waals surface area contributed by atoms with Gasteiger partial charge >= 0.3 is 5.97 Å². The van der Waals surface area contributed by atoms with E-state index < -0.39 is 0 Å². The van der Waals surface area contributed by atoms with Crippen molar-refractivity contribution in [3.8, 4) is 0 Å². The summed E-state index contributed by atoms with van der Waals surface area (Å²) in [6.45, 7) is 1.92. The van der Waals surface area contributed by atoms with Crippen LogP contribution in [0.5, 0.6) is 0 Å². The van der Waals surface area contributed by atoms with Crippen molar-refractivity contribution < 1.29 is 14.3 Å². The zero-order valence-electron chi connectivity index (χ0n) is 9.00. The first-order valence-electron chi connectivity index (χ1n) is 5.42. The Morgan fingerprint density at radius 1 is 1.27 bits per heavy atom. The maximum atomic E-state index is 10.9. The van der Waals surface area contributed by atoms with Gasteiger partial charge in [-0.05, 0) is 49.6 Å². The van der Waals surface area contributed by atoms with E-state index in [9.17, 15) is 9.59 Å². The van der Waals surface area contributed by atoms with Crippen LogP contribution in [0.15, 0.2) is 0 Å². The molecular weight excluding hydrogens is 216 g/mol. The van der Waals surface area contributed by atoms with E-state index in [1.54, 1.807) is 0 Å². The van der Waals surface area contributed by atoms with Gasteiger partial charge in [-0.25, -0.2) is 0 Å². The first kappa shape index (κ1) is 12.5. The molecule has 0 amide bonds. The van der Waals surface area contributed by atoms with E-state index in [1.165, 1.54) is 6.92 Å². The molecule has 1 aliphatic rings. The molecule has 1 fully saturated rings. The van der Waals surface area contributed by atoms with Crippen LogP contribution >= 0.6 is 11.6 Å². The van der Waals surface area contributed by atoms with E-state index >= 15 is 0 Å². The second-order valence-electron chi connectivity index (χ2n) is 4.15. The largest absolute Gasteiger partial charge is 0.466 e. The molecule has 0 spiro atoms. The van der Waals surface area contributed by atoms with E-state index in [2.05, 4.69) is 0 Å². The van der Waals surface area contributed by atoms with Crippen LogP contribution in [0.1, 0.15) is 39.0 Å². The summed E-state index contributed by atoms with van der Waals surface area (Å²) in [5, 5.41) is -0.201. The fraction of sp³-hybridized carbons (Fsp3) is 0.818. The summed E-state index contributed by atoms with van der Waals surface area (Å²) in [4.78, 5) is 21.4. The molecule has 1 saturated carbocycles. The summed E-state index contributed by atoms with van der Waals surface area (Å²) >= 11 is 5.44. The van der Waals surface area contributed by atoms with E-state index in [4.69, 9.17) is 16.3 Å². The van der Waals surface area contributed by atoms with E-state index in [1.807, 2.05) is 0 Å². The molecule has 0 saturated heterocycles. The van der Waals surface area contributed by atoms with Crippen molar-refractivity contribution in [2.75, 3.05) is 6.61 Å². The van der Waals surface area contributed by atoms with Crippen molar-refractivity contribution >= 4 is 22.8 Å². The lowest BCUT2D eigenvalue weighted by atomic mass is 9.81. The van der Waals surface area contributed by atoms with E-state index in [0.717, 1.165) is 32.1 Å². The van der Waals surface area contributed by atoms with Gasteiger partial charge in [0.15, 0.2) is 0 Å². The topological polar surface area (TPSA) is 43.4 Å². The molecule has 0 bridgehead atoms. The zero-order valence-corrected chi connectivity index (χ0v) is 9.76. The van der Waals surface area contributed by atoms with Gasteiger partial charge in [-0.3, -0.25) is 9.59 Å². The number of hydrogen-bond acceptors (Lipinski definition) is 3. The number of esters is 1. The molecule has 0 N–H and O–H groups in total. The molecule has 0 aromatic carbocycles. The van der Waals surface area contributed by atoms with Crippen molar-refractivity contribution in [1.82, 2.24) is 0 Å². The third-order valence-electron chi connectivity index (χ3n) is 3.00. The maximum Gasteiger partial charge on any atom is 0.302 e. The van der Waals surface area contributed by atoms with Crippen LogP contribution in [0, 0.1) is 11.8 Å². The average molecular weight is 233 g/mol. The van der Waals surface area contributed by atoms with Crippen molar-refractivity contribution in [2.24, 2.45) is 11.8 Å². The molecule has 3 nitrogen and oxygen atoms in total. The van der Waals surface area contributed by atoms with Crippen molar-refractivity contribution in [1.29, 1.82) is 0 Å². The summed E-state index contributed by atoms with van der Waals surface area (Å²) in [5.74, 6) is 0.410. The molecule has 0 aliphatic heterocycles. The second kappa shape index (κ2) is 6.11. The number of ether oxygens (including phenoxy) is 1. The van der Waals surface area contributed by atoms with Gasteiger partial charge in [-0.2, -0.15) is 0 Å². The number of hydrogen-bond donors (Lipinski definition) is 0. The maximum absolute atomic E-state index is 10.9. The third kappa shape index (κ3) is 4.65. The normalized spacial score (nSPS) is 26.0. The number of carbonyl (C=O) groups is 2. The number of halogens is 1. The molecule has 1 rings (SSSR count). The van der Waals surface area contributed by atoms with Gasteiger partial charge in [0, 0.05) is 12.8 Å². The first-order chi connectivity index (χ1) is 7.09. The minimum Gasteiger partial charge on any atom is -0.466 e. The lowest BCUT2D eigenvalue weighted by Crippen LogP contribution is -2.20. The molecule has 0 aromatic rings. The molecule has 1 aliphatic carbocycles. The van der Waals surface area contributed by atoms with Gasteiger partial charge in [-0.1, -0.05) is 0 Å². The fourth-order valence-corrected chi connectivity index (χ4v) is 2.27. The Morgan fingerprint density at radius 3 is 2.33 bits per heavy atom. The lowest BCUT2D eigenvalue weighted by molar-refractivity contribution is -0.141. The predicted octanol–water partition coefficient (Wildman–Crippen LogP) is 2.51. The number of rotatable bonds is 4. The van der Waals surface area contributed by atoms with Crippen LogP contribution in [0.25, 0.3) is 0 Å². The van der Waals surface area contributed by atoms with Crippen molar-refractivity contribution in [2.45, 2.75) is 39.0 Å². The first-order valence-corrected chi connectivity index (χ1v) is 5.80. The second-order valence-corrected chi connectivity index (χ2v) is 4.52. The Morgan fingerprint density at radius 2 is 1.87 bits per heavy atom. The Balaban J connectivity index is 2.14. The molecule has 0 radical (unpaired) electrons. The van der Waals surface area contributed by atoms with Crippen LogP contribution in [0.3, 0.4) is 0 Å². The number of carbonyl (C=O) groups excluding carboxylic acids is 2. The minimum atomic E-state index is -0.223. The summed E-state index contributed by atoms with van der Waals surface area (Å²) in [6.07, 6.45) is 4.71. The third-order valence-corrected chi connectivity index (χ3v) is 3.31. The van der Waals surface area contributed by atoms with Gasteiger partial charge in [0.1, 0.15) is 0 Å². The highest BCUT2D eigenvalue weighted by Crippen LogP contribution is 2.31. The highest BCUT2D eigenvalue weighted by molar-refractivity contribution is 6.63. The minimum absolute atomic E-state index is 0.0524. The van der Waals surface area contributed by atoms with Crippen molar-refractivity contribution in [3.05, 3.63) is 0 Å². The molecule has 0 heterocycles. The summed E-state index contributed by atoms with van der Waals surface area (Å²) in [7, 11) is 0. The molecule has 15 heavy (non-hydrogen) atoms. The monoisotopic (exact) mass is 232 g/mol. The van der Waals surface area contributed by atoms with Gasteiger partial charge in [0.2, 0.25) is 5.24 Å². The summed E-state index contributed by atoms with van der Waals surface area (Å²) < 4.78 is 4.89. The van der Waals surface area contributed by atoms with Crippen molar-refractivity contribution in [3.63, 3.8) is 0 Å². The Hall–Kier alpha value is -0.570. The Labute approximate surface area is 95.1 Å². The molecule has 0 atom stereocenters. The van der Waals surface area contributed by atoms with Crippen LogP contribution in [0.4, 0.5) is 0 Å². The van der Waals surface area contributed by atoms with Gasteiger partial charge < -0.3 is 4.74 Å². The Kier molecular flexibility index (Phi) is 5.09. The SMILES string of the molecule is CC(=O)OCC[C@H]1CC[C@H](C(=O)Cl)CC1. The van der Waals surface area contributed by atoms with Gasteiger partial charge in [0.05, 0.1) is 6.61 Å². The average Bonchev–Trinajstić information content (AvgIpc) is 2.18. The molecular formula is C11H17ClO3. The van der Waals surface area contributed by atoms with Crippen LogP contribution < -0.4 is 0 Å². The van der Waals surface area contributed by atoms with Gasteiger partial charge in [-0.15, -0.1) is 0 Å². The Bertz CT molecular complexity index is 229. The van der Waals surface area contributed by atoms with Crippen LogP contribution in [0.2, 0.25) is 0 Å². The van der Waals surface area contributed by atoms with Crippen LogP contribution in [-0.4, -0.2) is 17.8 Å². The molecule has 4 heteroatoms. The zero-order chi connectivity index (χ0) is 11.3. The molecule has 0 aromatic heterocycles. The quantitative estimate of drug-likeness (QED) is 0.553. The summed E-state index contributed by atoms with van der Waals surface area (Å²) in [6, 6.07) is 0. The van der Waals surface area contributed by atoms with E-state index in [0.29, 0.717) is 12.5 Å². The van der Waals surface area contributed by atoms with Gasteiger partial charge in [0.25, 0.3) is 0 Å². The standard InChI is InChI=1S/C11H17ClO3/c1-8(13)15-7-6-9-2-4-10(5-3-9)11(12)14/h9-10H,2-7H2,1H3/t9-,10-. The highest BCUT2D eigenvalue weighted by atomic mass is 35.5. The fourth-order valence-electron chi connectivity index (χ4n) is 2.05.